The van der Waals surface area contributed by atoms with E-state index in [0.717, 1.165) is 27.6 Å². The molecule has 11 nitrogen and oxygen atoms in total. The van der Waals surface area contributed by atoms with Crippen LogP contribution >= 0.6 is 11.8 Å². The van der Waals surface area contributed by atoms with Crippen LogP contribution in [-0.2, 0) is 14.8 Å². The average molecular weight is 571 g/mol. The summed E-state index contributed by atoms with van der Waals surface area (Å²) in [6.45, 7) is 0.884. The minimum Gasteiger partial charge on any atom is -0.497 e. The summed E-state index contributed by atoms with van der Waals surface area (Å²) < 4.78 is 39.0. The van der Waals surface area contributed by atoms with E-state index in [1.807, 2.05) is 23.9 Å². The van der Waals surface area contributed by atoms with E-state index in [1.54, 1.807) is 24.3 Å². The van der Waals surface area contributed by atoms with Gasteiger partial charge in [0.1, 0.15) is 24.1 Å². The van der Waals surface area contributed by atoms with Crippen molar-refractivity contribution in [2.45, 2.75) is 17.9 Å². The van der Waals surface area contributed by atoms with Crippen LogP contribution in [0, 0.1) is 17.0 Å². The number of benzene rings is 3. The van der Waals surface area contributed by atoms with Gasteiger partial charge in [-0.2, -0.15) is 16.9 Å². The zero-order chi connectivity index (χ0) is 28.0. The Morgan fingerprint density at radius 1 is 1.13 bits per heavy atom. The van der Waals surface area contributed by atoms with Crippen molar-refractivity contribution in [1.82, 2.24) is 5.43 Å². The first-order valence-electron chi connectivity index (χ1n) is 11.8. The fourth-order valence-electron chi connectivity index (χ4n) is 3.59. The van der Waals surface area contributed by atoms with Gasteiger partial charge in [0.05, 0.1) is 28.8 Å². The first-order chi connectivity index (χ1) is 18.7. The Morgan fingerprint density at radius 2 is 1.79 bits per heavy atom. The highest BCUT2D eigenvalue weighted by Gasteiger charge is 2.29. The number of hydrogen-bond acceptors (Lipinski definition) is 9. The maximum atomic E-state index is 13.6. The number of carbonyl (C=O) groups excluding carboxylic acids is 1. The molecular weight excluding hydrogens is 544 g/mol. The molecule has 1 amide bonds. The Labute approximate surface area is 230 Å². The lowest BCUT2D eigenvalue weighted by Crippen LogP contribution is -2.39. The molecule has 1 aliphatic rings. The lowest BCUT2D eigenvalue weighted by molar-refractivity contribution is -0.385. The van der Waals surface area contributed by atoms with Crippen molar-refractivity contribution in [2.75, 3.05) is 29.5 Å². The van der Waals surface area contributed by atoms with Gasteiger partial charge in [0.15, 0.2) is 0 Å². The Bertz CT molecular complexity index is 1470. The van der Waals surface area contributed by atoms with E-state index < -0.39 is 27.4 Å². The fourth-order valence-corrected chi connectivity index (χ4v) is 5.59. The molecule has 0 unspecified atom stereocenters. The highest BCUT2D eigenvalue weighted by molar-refractivity contribution is 8.00. The quantitative estimate of drug-likeness (QED) is 0.209. The van der Waals surface area contributed by atoms with Gasteiger partial charge >= 0.3 is 0 Å². The predicted octanol–water partition coefficient (Wildman–Crippen LogP) is 3.75. The Morgan fingerprint density at radius 3 is 2.38 bits per heavy atom. The molecule has 1 saturated heterocycles. The number of nitrogens with zero attached hydrogens (tertiary/aromatic N) is 3. The van der Waals surface area contributed by atoms with Crippen molar-refractivity contribution < 1.29 is 27.6 Å². The molecule has 0 radical (unpaired) electrons. The molecule has 3 aromatic carbocycles. The molecule has 0 aromatic heterocycles. The van der Waals surface area contributed by atoms with Crippen LogP contribution < -0.4 is 19.2 Å². The molecule has 1 aliphatic heterocycles. The second-order valence-electron chi connectivity index (χ2n) is 8.55. The molecule has 204 valence electrons. The van der Waals surface area contributed by atoms with Gasteiger partial charge < -0.3 is 9.47 Å². The molecule has 1 fully saturated rings. The van der Waals surface area contributed by atoms with E-state index in [0.29, 0.717) is 16.9 Å². The second-order valence-corrected chi connectivity index (χ2v) is 11.5. The van der Waals surface area contributed by atoms with E-state index in [-0.39, 0.29) is 22.4 Å². The second kappa shape index (κ2) is 12.2. The van der Waals surface area contributed by atoms with E-state index in [9.17, 15) is 23.3 Å². The lowest BCUT2D eigenvalue weighted by atomic mass is 10.2. The van der Waals surface area contributed by atoms with Gasteiger partial charge in [-0.25, -0.2) is 13.8 Å². The topological polar surface area (TPSA) is 140 Å². The zero-order valence-electron chi connectivity index (χ0n) is 21.1. The van der Waals surface area contributed by atoms with Crippen LogP contribution in [0.2, 0.25) is 0 Å². The van der Waals surface area contributed by atoms with Crippen molar-refractivity contribution in [3.8, 4) is 11.5 Å². The first-order valence-corrected chi connectivity index (χ1v) is 14.3. The number of thioether (sulfide) groups is 1. The van der Waals surface area contributed by atoms with Crippen molar-refractivity contribution in [3.05, 3.63) is 88.0 Å². The third kappa shape index (κ3) is 6.86. The summed E-state index contributed by atoms with van der Waals surface area (Å²) in [5.41, 5.74) is 3.17. The maximum Gasteiger partial charge on any atom is 0.273 e. The van der Waals surface area contributed by atoms with Gasteiger partial charge in [-0.3, -0.25) is 19.2 Å². The number of carbonyl (C=O) groups is 1. The standard InChI is InChI=1S/C26H26N4O7S2/c1-18-3-12-24(13-25(18)30(32)33)39(34,35)29(20-6-10-21(36-2)11-7-20)15-26(31)28-27-14-19-4-8-22(9-5-19)37-23-16-38-17-23/h3-14,23H,15-17H2,1-2H3,(H,28,31)/b27-14-. The van der Waals surface area contributed by atoms with E-state index in [2.05, 4.69) is 10.5 Å². The third-order valence-corrected chi connectivity index (χ3v) is 8.79. The van der Waals surface area contributed by atoms with E-state index in [4.69, 9.17) is 9.47 Å². The van der Waals surface area contributed by atoms with Gasteiger partial charge in [-0.15, -0.1) is 0 Å². The largest absolute Gasteiger partial charge is 0.497 e. The Hall–Kier alpha value is -4.10. The highest BCUT2D eigenvalue weighted by Crippen LogP contribution is 2.29. The molecule has 0 spiro atoms. The highest BCUT2D eigenvalue weighted by atomic mass is 32.2. The number of amides is 1. The lowest BCUT2D eigenvalue weighted by Gasteiger charge is -2.25. The third-order valence-electron chi connectivity index (χ3n) is 5.81. The fraction of sp³-hybridized carbons (Fsp3) is 0.231. The van der Waals surface area contributed by atoms with Crippen LogP contribution in [0.3, 0.4) is 0 Å². The molecule has 3 aromatic rings. The van der Waals surface area contributed by atoms with Crippen molar-refractivity contribution >= 4 is 45.3 Å². The number of nitro groups is 1. The average Bonchev–Trinajstić information content (AvgIpc) is 2.90. The number of methoxy groups -OCH3 is 1. The summed E-state index contributed by atoms with van der Waals surface area (Å²) in [5, 5.41) is 15.3. The number of hydrogen-bond donors (Lipinski definition) is 1. The summed E-state index contributed by atoms with van der Waals surface area (Å²) in [5.74, 6) is 2.46. The summed E-state index contributed by atoms with van der Waals surface area (Å²) in [6, 6.07) is 16.8. The molecule has 0 bridgehead atoms. The predicted molar refractivity (Wildman–Crippen MR) is 149 cm³/mol. The van der Waals surface area contributed by atoms with E-state index >= 15 is 0 Å². The minimum atomic E-state index is -4.37. The first kappa shape index (κ1) is 27.9. The van der Waals surface area contributed by atoms with Gasteiger partial charge in [0.25, 0.3) is 21.6 Å². The number of ether oxygens (including phenoxy) is 2. The molecule has 13 heteroatoms. The number of anilines is 1. The van der Waals surface area contributed by atoms with Crippen LogP contribution in [0.4, 0.5) is 11.4 Å². The van der Waals surface area contributed by atoms with Crippen molar-refractivity contribution in [2.24, 2.45) is 5.10 Å². The van der Waals surface area contributed by atoms with E-state index in [1.165, 1.54) is 44.5 Å². The molecule has 1 heterocycles. The van der Waals surface area contributed by atoms with Crippen LogP contribution in [0.5, 0.6) is 11.5 Å². The minimum absolute atomic E-state index is 0.165. The number of aryl methyl sites for hydroxylation is 1. The number of nitro benzene ring substituents is 1. The van der Waals surface area contributed by atoms with Gasteiger partial charge in [0, 0.05) is 23.1 Å². The molecule has 39 heavy (non-hydrogen) atoms. The molecule has 1 N–H and O–H groups in total. The smallest absolute Gasteiger partial charge is 0.273 e. The zero-order valence-corrected chi connectivity index (χ0v) is 22.8. The van der Waals surface area contributed by atoms with Gasteiger partial charge in [0.2, 0.25) is 0 Å². The molecular formula is C26H26N4O7S2. The van der Waals surface area contributed by atoms with Crippen LogP contribution in [-0.4, -0.2) is 56.7 Å². The number of nitrogens with one attached hydrogen (secondary N) is 1. The number of rotatable bonds is 11. The summed E-state index contributed by atoms with van der Waals surface area (Å²) in [7, 11) is -2.90. The van der Waals surface area contributed by atoms with Crippen LogP contribution in [0.15, 0.2) is 76.7 Å². The molecule has 0 aliphatic carbocycles. The van der Waals surface area contributed by atoms with Crippen LogP contribution in [0.1, 0.15) is 11.1 Å². The molecule has 4 rings (SSSR count). The monoisotopic (exact) mass is 570 g/mol. The normalized spacial score (nSPS) is 13.5. The van der Waals surface area contributed by atoms with Gasteiger partial charge in [-0.1, -0.05) is 6.07 Å². The number of hydrazone groups is 1. The Balaban J connectivity index is 1.51. The van der Waals surface area contributed by atoms with Crippen molar-refractivity contribution in [1.29, 1.82) is 0 Å². The molecule has 0 atom stereocenters. The maximum absolute atomic E-state index is 13.6. The summed E-state index contributed by atoms with van der Waals surface area (Å²) in [6.07, 6.45) is 1.65. The SMILES string of the molecule is COc1ccc(N(CC(=O)N/N=C\c2ccc(OC3CSC3)cc2)S(=O)(=O)c2ccc(C)c([N+](=O)[O-])c2)cc1. The van der Waals surface area contributed by atoms with Crippen LogP contribution in [0.25, 0.3) is 0 Å². The van der Waals surface area contributed by atoms with Crippen molar-refractivity contribution in [3.63, 3.8) is 0 Å². The summed E-state index contributed by atoms with van der Waals surface area (Å²) >= 11 is 1.83. The number of sulfonamides is 1. The Kier molecular flexibility index (Phi) is 8.72. The summed E-state index contributed by atoms with van der Waals surface area (Å²) in [4.78, 5) is 23.2. The van der Waals surface area contributed by atoms with Gasteiger partial charge in [-0.05, 0) is 67.1 Å². The molecule has 0 saturated carbocycles.